The van der Waals surface area contributed by atoms with Gasteiger partial charge in [0.25, 0.3) is 0 Å². The van der Waals surface area contributed by atoms with Crippen molar-refractivity contribution in [1.82, 2.24) is 0 Å². The SMILES string of the molecule is O=C(O)C1=CCCCC1C(=O)O. The van der Waals surface area contributed by atoms with Gasteiger partial charge in [0.1, 0.15) is 0 Å². The van der Waals surface area contributed by atoms with Gasteiger partial charge in [-0.1, -0.05) is 6.08 Å². The Morgan fingerprint density at radius 1 is 1.42 bits per heavy atom. The van der Waals surface area contributed by atoms with Crippen LogP contribution in [0.15, 0.2) is 11.6 Å². The van der Waals surface area contributed by atoms with Crippen LogP contribution in [0.1, 0.15) is 19.3 Å². The predicted molar refractivity (Wildman–Crippen MR) is 40.7 cm³/mol. The zero-order chi connectivity index (χ0) is 9.14. The van der Waals surface area contributed by atoms with Gasteiger partial charge in [-0.2, -0.15) is 0 Å². The lowest BCUT2D eigenvalue weighted by atomic mass is 9.88. The maximum absolute atomic E-state index is 10.6. The Morgan fingerprint density at radius 2 is 2.08 bits per heavy atom. The molecule has 1 atom stereocenters. The third kappa shape index (κ3) is 1.64. The molecule has 0 fully saturated rings. The molecule has 0 saturated carbocycles. The van der Waals surface area contributed by atoms with Crippen molar-refractivity contribution in [2.45, 2.75) is 19.3 Å². The highest BCUT2D eigenvalue weighted by molar-refractivity contribution is 5.94. The van der Waals surface area contributed by atoms with Gasteiger partial charge in [0.15, 0.2) is 0 Å². The maximum atomic E-state index is 10.6. The third-order valence-electron chi connectivity index (χ3n) is 1.98. The largest absolute Gasteiger partial charge is 0.481 e. The van der Waals surface area contributed by atoms with Crippen LogP contribution in [0, 0.1) is 5.92 Å². The average molecular weight is 170 g/mol. The molecule has 4 nitrogen and oxygen atoms in total. The van der Waals surface area contributed by atoms with E-state index in [1.165, 1.54) is 6.08 Å². The van der Waals surface area contributed by atoms with Gasteiger partial charge in [0, 0.05) is 5.57 Å². The van der Waals surface area contributed by atoms with E-state index in [1.807, 2.05) is 0 Å². The minimum Gasteiger partial charge on any atom is -0.481 e. The molecule has 0 saturated heterocycles. The van der Waals surface area contributed by atoms with E-state index in [0.29, 0.717) is 12.8 Å². The number of carbonyl (C=O) groups is 2. The summed E-state index contributed by atoms with van der Waals surface area (Å²) < 4.78 is 0. The molecular formula is C8H10O4. The summed E-state index contributed by atoms with van der Waals surface area (Å²) in [4.78, 5) is 21.1. The van der Waals surface area contributed by atoms with Gasteiger partial charge in [0.05, 0.1) is 5.92 Å². The Balaban J connectivity index is 2.85. The van der Waals surface area contributed by atoms with Gasteiger partial charge < -0.3 is 10.2 Å². The second-order valence-electron chi connectivity index (χ2n) is 2.79. The summed E-state index contributed by atoms with van der Waals surface area (Å²) >= 11 is 0. The van der Waals surface area contributed by atoms with Crippen molar-refractivity contribution in [2.24, 2.45) is 5.92 Å². The van der Waals surface area contributed by atoms with Crippen molar-refractivity contribution in [3.05, 3.63) is 11.6 Å². The van der Waals surface area contributed by atoms with E-state index >= 15 is 0 Å². The summed E-state index contributed by atoms with van der Waals surface area (Å²) in [5.74, 6) is -2.96. The molecule has 1 aliphatic rings. The van der Waals surface area contributed by atoms with E-state index in [0.717, 1.165) is 6.42 Å². The standard InChI is InChI=1S/C8H10O4/c9-7(10)5-3-1-2-4-6(5)8(11)12/h3,6H,1-2,4H2,(H,9,10)(H,11,12). The molecule has 12 heavy (non-hydrogen) atoms. The monoisotopic (exact) mass is 170 g/mol. The first-order valence-corrected chi connectivity index (χ1v) is 3.79. The molecule has 2 N–H and O–H groups in total. The molecule has 0 aromatic carbocycles. The molecule has 1 unspecified atom stereocenters. The number of carboxylic acid groups (broad SMARTS) is 2. The number of hydrogen-bond donors (Lipinski definition) is 2. The smallest absolute Gasteiger partial charge is 0.332 e. The molecule has 1 rings (SSSR count). The number of carboxylic acids is 2. The molecule has 1 aliphatic carbocycles. The van der Waals surface area contributed by atoms with Crippen LogP contribution in [0.25, 0.3) is 0 Å². The molecule has 66 valence electrons. The van der Waals surface area contributed by atoms with E-state index in [4.69, 9.17) is 10.2 Å². The highest BCUT2D eigenvalue weighted by Gasteiger charge is 2.28. The Labute approximate surface area is 69.5 Å². The van der Waals surface area contributed by atoms with Gasteiger partial charge >= 0.3 is 11.9 Å². The molecule has 0 amide bonds. The number of aliphatic carboxylic acids is 2. The molecule has 0 aliphatic heterocycles. The maximum Gasteiger partial charge on any atom is 0.332 e. The fourth-order valence-corrected chi connectivity index (χ4v) is 1.37. The van der Waals surface area contributed by atoms with E-state index in [-0.39, 0.29) is 5.57 Å². The fraction of sp³-hybridized carbons (Fsp3) is 0.500. The lowest BCUT2D eigenvalue weighted by Gasteiger charge is -2.16. The summed E-state index contributed by atoms with van der Waals surface area (Å²) in [5.41, 5.74) is 0.0359. The summed E-state index contributed by atoms with van der Waals surface area (Å²) in [5, 5.41) is 17.3. The Hall–Kier alpha value is -1.32. The van der Waals surface area contributed by atoms with Crippen LogP contribution in [0.5, 0.6) is 0 Å². The molecule has 0 heterocycles. The first-order valence-electron chi connectivity index (χ1n) is 3.79. The first-order chi connectivity index (χ1) is 5.63. The van der Waals surface area contributed by atoms with Crippen molar-refractivity contribution in [1.29, 1.82) is 0 Å². The van der Waals surface area contributed by atoms with E-state index < -0.39 is 17.9 Å². The number of hydrogen-bond acceptors (Lipinski definition) is 2. The second-order valence-corrected chi connectivity index (χ2v) is 2.79. The highest BCUT2D eigenvalue weighted by atomic mass is 16.4. The lowest BCUT2D eigenvalue weighted by molar-refractivity contribution is -0.144. The zero-order valence-corrected chi connectivity index (χ0v) is 6.49. The van der Waals surface area contributed by atoms with E-state index in [2.05, 4.69) is 0 Å². The van der Waals surface area contributed by atoms with E-state index in [1.54, 1.807) is 0 Å². The van der Waals surface area contributed by atoms with Crippen LogP contribution in [0.2, 0.25) is 0 Å². The molecule has 0 aromatic rings. The Bertz CT molecular complexity index is 241. The molecular weight excluding hydrogens is 160 g/mol. The van der Waals surface area contributed by atoms with Crippen molar-refractivity contribution >= 4 is 11.9 Å². The molecule has 0 bridgehead atoms. The highest BCUT2D eigenvalue weighted by Crippen LogP contribution is 2.24. The summed E-state index contributed by atoms with van der Waals surface area (Å²) in [6.45, 7) is 0. The van der Waals surface area contributed by atoms with Crippen molar-refractivity contribution in [3.63, 3.8) is 0 Å². The van der Waals surface area contributed by atoms with Crippen LogP contribution >= 0.6 is 0 Å². The molecule has 0 aromatic heterocycles. The van der Waals surface area contributed by atoms with Crippen molar-refractivity contribution < 1.29 is 19.8 Å². The van der Waals surface area contributed by atoms with Crippen LogP contribution in [0.3, 0.4) is 0 Å². The topological polar surface area (TPSA) is 74.6 Å². The minimum atomic E-state index is -1.11. The first kappa shape index (κ1) is 8.77. The van der Waals surface area contributed by atoms with Gasteiger partial charge in [-0.25, -0.2) is 4.79 Å². The zero-order valence-electron chi connectivity index (χ0n) is 6.49. The van der Waals surface area contributed by atoms with Gasteiger partial charge in [-0.15, -0.1) is 0 Å². The number of allylic oxidation sites excluding steroid dienone is 1. The normalized spacial score (nSPS) is 23.0. The fourth-order valence-electron chi connectivity index (χ4n) is 1.37. The quantitative estimate of drug-likeness (QED) is 0.645. The average Bonchev–Trinajstić information content (AvgIpc) is 2.04. The number of rotatable bonds is 2. The van der Waals surface area contributed by atoms with Gasteiger partial charge in [-0.3, -0.25) is 4.79 Å². The Kier molecular flexibility index (Phi) is 2.47. The van der Waals surface area contributed by atoms with Gasteiger partial charge in [0.2, 0.25) is 0 Å². The molecule has 0 spiro atoms. The van der Waals surface area contributed by atoms with Crippen molar-refractivity contribution in [3.8, 4) is 0 Å². The Morgan fingerprint density at radius 3 is 2.50 bits per heavy atom. The molecule has 4 heteroatoms. The van der Waals surface area contributed by atoms with Crippen molar-refractivity contribution in [2.75, 3.05) is 0 Å². The summed E-state index contributed by atoms with van der Waals surface area (Å²) in [6, 6.07) is 0. The summed E-state index contributed by atoms with van der Waals surface area (Å²) in [6.07, 6.45) is 3.37. The summed E-state index contributed by atoms with van der Waals surface area (Å²) in [7, 11) is 0. The second kappa shape index (κ2) is 3.38. The third-order valence-corrected chi connectivity index (χ3v) is 1.98. The van der Waals surface area contributed by atoms with Crippen LogP contribution in [-0.4, -0.2) is 22.2 Å². The predicted octanol–water partition coefficient (Wildman–Crippen LogP) is 0.882. The lowest BCUT2D eigenvalue weighted by Crippen LogP contribution is -2.23. The van der Waals surface area contributed by atoms with Crippen LogP contribution in [0.4, 0.5) is 0 Å². The molecule has 0 radical (unpaired) electrons. The minimum absolute atomic E-state index is 0.0359. The van der Waals surface area contributed by atoms with E-state index in [9.17, 15) is 9.59 Å². The van der Waals surface area contributed by atoms with Crippen LogP contribution in [-0.2, 0) is 9.59 Å². The van der Waals surface area contributed by atoms with Crippen LogP contribution < -0.4 is 0 Å². The van der Waals surface area contributed by atoms with Gasteiger partial charge in [-0.05, 0) is 19.3 Å².